The molecular formula is C16H13ClN4S. The van der Waals surface area contributed by atoms with Crippen LogP contribution in [0.15, 0.2) is 59.7 Å². The summed E-state index contributed by atoms with van der Waals surface area (Å²) in [6, 6.07) is 17.5. The number of hydrogen-bond acceptors (Lipinski definition) is 3. The van der Waals surface area contributed by atoms with E-state index in [0.717, 1.165) is 17.0 Å². The predicted molar refractivity (Wildman–Crippen MR) is 91.1 cm³/mol. The van der Waals surface area contributed by atoms with Gasteiger partial charge in [0.2, 0.25) is 4.77 Å². The van der Waals surface area contributed by atoms with E-state index in [-0.39, 0.29) is 0 Å². The van der Waals surface area contributed by atoms with E-state index in [4.69, 9.17) is 23.8 Å². The highest BCUT2D eigenvalue weighted by Gasteiger charge is 2.05. The summed E-state index contributed by atoms with van der Waals surface area (Å²) < 4.78 is 2.10. The summed E-state index contributed by atoms with van der Waals surface area (Å²) >= 11 is 11.1. The zero-order chi connectivity index (χ0) is 15.4. The summed E-state index contributed by atoms with van der Waals surface area (Å²) in [4.78, 5) is 0. The first kappa shape index (κ1) is 14.7. The minimum atomic E-state index is 0.469. The van der Waals surface area contributed by atoms with Crippen LogP contribution < -0.4 is 0 Å². The molecule has 0 saturated heterocycles. The van der Waals surface area contributed by atoms with Gasteiger partial charge in [0.1, 0.15) is 0 Å². The second kappa shape index (κ2) is 6.68. The van der Waals surface area contributed by atoms with E-state index in [2.05, 4.69) is 15.3 Å². The van der Waals surface area contributed by atoms with Crippen LogP contribution >= 0.6 is 23.8 Å². The number of nitrogens with zero attached hydrogens (tertiary/aromatic N) is 3. The number of rotatable bonds is 4. The molecular weight excluding hydrogens is 316 g/mol. The smallest absolute Gasteiger partial charge is 0.216 e. The third-order valence-electron chi connectivity index (χ3n) is 3.11. The van der Waals surface area contributed by atoms with Gasteiger partial charge in [0.25, 0.3) is 0 Å². The van der Waals surface area contributed by atoms with Crippen molar-refractivity contribution in [1.82, 2.24) is 14.9 Å². The molecule has 0 aliphatic carbocycles. The van der Waals surface area contributed by atoms with Crippen molar-refractivity contribution in [2.45, 2.75) is 6.42 Å². The van der Waals surface area contributed by atoms with Gasteiger partial charge in [0.05, 0.1) is 6.21 Å². The Morgan fingerprint density at radius 1 is 1.14 bits per heavy atom. The molecule has 0 aliphatic rings. The third-order valence-corrected chi connectivity index (χ3v) is 3.63. The lowest BCUT2D eigenvalue weighted by Gasteiger charge is -2.01. The van der Waals surface area contributed by atoms with Gasteiger partial charge in [-0.05, 0) is 35.5 Å². The number of hydrogen-bond donors (Lipinski definition) is 1. The second-order valence-electron chi connectivity index (χ2n) is 4.72. The lowest BCUT2D eigenvalue weighted by molar-refractivity contribution is 0.792. The van der Waals surface area contributed by atoms with Gasteiger partial charge < -0.3 is 0 Å². The zero-order valence-corrected chi connectivity index (χ0v) is 13.2. The van der Waals surface area contributed by atoms with Crippen LogP contribution in [0.25, 0.3) is 0 Å². The van der Waals surface area contributed by atoms with Gasteiger partial charge in [-0.3, -0.25) is 5.10 Å². The number of halogens is 1. The molecule has 0 aliphatic heterocycles. The van der Waals surface area contributed by atoms with Gasteiger partial charge in [-0.2, -0.15) is 14.9 Å². The van der Waals surface area contributed by atoms with Gasteiger partial charge in [-0.25, -0.2) is 0 Å². The molecule has 0 fully saturated rings. The largest absolute Gasteiger partial charge is 0.250 e. The fourth-order valence-electron chi connectivity index (χ4n) is 2.01. The van der Waals surface area contributed by atoms with Crippen LogP contribution in [0, 0.1) is 4.77 Å². The average Bonchev–Trinajstić information content (AvgIpc) is 2.88. The molecule has 0 bridgehead atoms. The standard InChI is InChI=1S/C16H13ClN4S/c17-14-8-6-13(7-9-14)11-18-21-15(19-20-16(21)22)10-12-4-2-1-3-5-12/h1-9,11H,10H2,(H,20,22). The van der Waals surface area contributed by atoms with Crippen molar-refractivity contribution in [3.8, 4) is 0 Å². The SMILES string of the molecule is S=c1[nH]nc(Cc2ccccc2)n1N=Cc1ccc(Cl)cc1. The molecule has 0 spiro atoms. The van der Waals surface area contributed by atoms with Crippen LogP contribution in [-0.2, 0) is 6.42 Å². The molecule has 4 nitrogen and oxygen atoms in total. The Hall–Kier alpha value is -2.24. The maximum absolute atomic E-state index is 5.87. The molecule has 2 aromatic carbocycles. The summed E-state index contributed by atoms with van der Waals surface area (Å²) in [7, 11) is 0. The van der Waals surface area contributed by atoms with Crippen LogP contribution in [0.2, 0.25) is 5.02 Å². The normalized spacial score (nSPS) is 11.1. The van der Waals surface area contributed by atoms with Crippen molar-refractivity contribution in [2.24, 2.45) is 5.10 Å². The van der Waals surface area contributed by atoms with Gasteiger partial charge in [0, 0.05) is 11.4 Å². The van der Waals surface area contributed by atoms with Crippen molar-refractivity contribution >= 4 is 30.0 Å². The van der Waals surface area contributed by atoms with Crippen LogP contribution in [0.4, 0.5) is 0 Å². The molecule has 0 amide bonds. The van der Waals surface area contributed by atoms with Crippen LogP contribution in [0.1, 0.15) is 17.0 Å². The lowest BCUT2D eigenvalue weighted by Crippen LogP contribution is -2.00. The molecule has 1 heterocycles. The average molecular weight is 329 g/mol. The fraction of sp³-hybridized carbons (Fsp3) is 0.0625. The van der Waals surface area contributed by atoms with Gasteiger partial charge in [-0.1, -0.05) is 54.1 Å². The summed E-state index contributed by atoms with van der Waals surface area (Å²) in [5.74, 6) is 0.765. The van der Waals surface area contributed by atoms with E-state index in [1.807, 2.05) is 54.6 Å². The molecule has 0 atom stereocenters. The molecule has 0 unspecified atom stereocenters. The van der Waals surface area contributed by atoms with E-state index in [9.17, 15) is 0 Å². The van der Waals surface area contributed by atoms with Gasteiger partial charge in [-0.15, -0.1) is 0 Å². The maximum atomic E-state index is 5.87. The number of H-pyrrole nitrogens is 1. The number of aromatic nitrogens is 3. The van der Waals surface area contributed by atoms with Crippen LogP contribution in [-0.4, -0.2) is 21.1 Å². The summed E-state index contributed by atoms with van der Waals surface area (Å²) in [5, 5.41) is 12.1. The minimum absolute atomic E-state index is 0.469. The highest BCUT2D eigenvalue weighted by atomic mass is 35.5. The fourth-order valence-corrected chi connectivity index (χ4v) is 2.33. The van der Waals surface area contributed by atoms with Gasteiger partial charge >= 0.3 is 0 Å². The first-order valence-electron chi connectivity index (χ1n) is 6.72. The summed E-state index contributed by atoms with van der Waals surface area (Å²) in [6.07, 6.45) is 2.39. The van der Waals surface area contributed by atoms with E-state index in [1.54, 1.807) is 10.9 Å². The van der Waals surface area contributed by atoms with E-state index < -0.39 is 0 Å². The first-order chi connectivity index (χ1) is 10.7. The Kier molecular flexibility index (Phi) is 4.46. The third kappa shape index (κ3) is 3.50. The number of nitrogens with one attached hydrogen (secondary N) is 1. The highest BCUT2D eigenvalue weighted by Crippen LogP contribution is 2.10. The Morgan fingerprint density at radius 2 is 1.86 bits per heavy atom. The Bertz CT molecular complexity index is 835. The van der Waals surface area contributed by atoms with Crippen LogP contribution in [0.3, 0.4) is 0 Å². The molecule has 6 heteroatoms. The molecule has 110 valence electrons. The first-order valence-corrected chi connectivity index (χ1v) is 7.51. The van der Waals surface area contributed by atoms with E-state index in [0.29, 0.717) is 16.2 Å². The van der Waals surface area contributed by atoms with Crippen molar-refractivity contribution in [1.29, 1.82) is 0 Å². The van der Waals surface area contributed by atoms with E-state index in [1.165, 1.54) is 0 Å². The maximum Gasteiger partial charge on any atom is 0.216 e. The molecule has 1 aromatic heterocycles. The minimum Gasteiger partial charge on any atom is -0.250 e. The molecule has 3 aromatic rings. The predicted octanol–water partition coefficient (Wildman–Crippen LogP) is 4.07. The monoisotopic (exact) mass is 328 g/mol. The number of benzene rings is 2. The quantitative estimate of drug-likeness (QED) is 0.579. The Labute approximate surface area is 138 Å². The lowest BCUT2D eigenvalue weighted by atomic mass is 10.1. The van der Waals surface area contributed by atoms with Crippen molar-refractivity contribution in [3.63, 3.8) is 0 Å². The van der Waals surface area contributed by atoms with Crippen molar-refractivity contribution in [2.75, 3.05) is 0 Å². The zero-order valence-electron chi connectivity index (χ0n) is 11.6. The molecule has 0 radical (unpaired) electrons. The topological polar surface area (TPSA) is 46.0 Å². The van der Waals surface area contributed by atoms with E-state index >= 15 is 0 Å². The molecule has 1 N–H and O–H groups in total. The summed E-state index contributed by atoms with van der Waals surface area (Å²) in [6.45, 7) is 0. The Balaban J connectivity index is 1.86. The van der Waals surface area contributed by atoms with Crippen LogP contribution in [0.5, 0.6) is 0 Å². The second-order valence-corrected chi connectivity index (χ2v) is 5.54. The number of aromatic amines is 1. The van der Waals surface area contributed by atoms with Gasteiger partial charge in [0.15, 0.2) is 5.82 Å². The highest BCUT2D eigenvalue weighted by molar-refractivity contribution is 7.71. The summed E-state index contributed by atoms with van der Waals surface area (Å²) in [5.41, 5.74) is 2.10. The molecule has 22 heavy (non-hydrogen) atoms. The molecule has 3 rings (SSSR count). The Morgan fingerprint density at radius 3 is 2.59 bits per heavy atom. The van der Waals surface area contributed by atoms with Crippen molar-refractivity contribution in [3.05, 3.63) is 81.3 Å². The molecule has 0 saturated carbocycles. The van der Waals surface area contributed by atoms with Crippen molar-refractivity contribution < 1.29 is 0 Å².